The molecule has 0 bridgehead atoms. The van der Waals surface area contributed by atoms with Crippen LogP contribution in [0.4, 0.5) is 10.5 Å². The monoisotopic (exact) mass is 308 g/mol. The van der Waals surface area contributed by atoms with Gasteiger partial charge in [-0.05, 0) is 74.4 Å². The van der Waals surface area contributed by atoms with Gasteiger partial charge in [-0.1, -0.05) is 29.8 Å². The molecule has 3 rings (SSSR count). The van der Waals surface area contributed by atoms with E-state index in [9.17, 15) is 4.79 Å². The molecule has 1 aliphatic rings. The molecule has 2 aromatic carbocycles. The number of hydrogen-bond acceptors (Lipinski definition) is 1. The molecule has 3 nitrogen and oxygen atoms in total. The normalized spacial score (nSPS) is 14.2. The Morgan fingerprint density at radius 2 is 1.83 bits per heavy atom. The van der Waals surface area contributed by atoms with E-state index in [1.54, 1.807) is 0 Å². The molecule has 120 valence electrons. The van der Waals surface area contributed by atoms with Gasteiger partial charge in [0.25, 0.3) is 0 Å². The highest BCUT2D eigenvalue weighted by molar-refractivity contribution is 5.89. The van der Waals surface area contributed by atoms with Gasteiger partial charge in [0.15, 0.2) is 0 Å². The van der Waals surface area contributed by atoms with Crippen molar-refractivity contribution in [2.24, 2.45) is 0 Å². The van der Waals surface area contributed by atoms with Crippen LogP contribution >= 0.6 is 0 Å². The van der Waals surface area contributed by atoms with Gasteiger partial charge in [0, 0.05) is 5.69 Å². The second-order valence-electron chi connectivity index (χ2n) is 6.52. The van der Waals surface area contributed by atoms with Crippen LogP contribution in [0, 0.1) is 13.8 Å². The molecule has 2 aromatic rings. The van der Waals surface area contributed by atoms with E-state index in [2.05, 4.69) is 54.8 Å². The third-order valence-electron chi connectivity index (χ3n) is 4.60. The van der Waals surface area contributed by atoms with Gasteiger partial charge < -0.3 is 10.6 Å². The van der Waals surface area contributed by atoms with Crippen molar-refractivity contribution in [2.45, 2.75) is 46.1 Å². The molecule has 2 N–H and O–H groups in total. The highest BCUT2D eigenvalue weighted by Crippen LogP contribution is 2.25. The number of aryl methyl sites for hydroxylation is 4. The van der Waals surface area contributed by atoms with E-state index in [0.717, 1.165) is 24.1 Å². The molecule has 1 aliphatic carbocycles. The minimum absolute atomic E-state index is 0.0231. The number of fused-ring (bicyclic) bond motifs is 1. The zero-order valence-electron chi connectivity index (χ0n) is 14.1. The molecule has 1 atom stereocenters. The predicted molar refractivity (Wildman–Crippen MR) is 95.0 cm³/mol. The van der Waals surface area contributed by atoms with E-state index >= 15 is 0 Å². The summed E-state index contributed by atoms with van der Waals surface area (Å²) in [5, 5.41) is 5.98. The highest BCUT2D eigenvalue weighted by atomic mass is 16.2. The van der Waals surface area contributed by atoms with Crippen LogP contribution < -0.4 is 10.6 Å². The van der Waals surface area contributed by atoms with Crippen molar-refractivity contribution in [3.63, 3.8) is 0 Å². The summed E-state index contributed by atoms with van der Waals surface area (Å²) in [5.41, 5.74) is 7.25. The summed E-state index contributed by atoms with van der Waals surface area (Å²) in [6.45, 7) is 6.17. The molecule has 0 aliphatic heterocycles. The fourth-order valence-electron chi connectivity index (χ4n) is 3.40. The van der Waals surface area contributed by atoms with Gasteiger partial charge in [-0.3, -0.25) is 0 Å². The summed E-state index contributed by atoms with van der Waals surface area (Å²) >= 11 is 0. The quantitative estimate of drug-likeness (QED) is 0.849. The number of anilines is 1. The first kappa shape index (κ1) is 15.6. The van der Waals surface area contributed by atoms with E-state index in [1.165, 1.54) is 28.7 Å². The number of benzene rings is 2. The maximum Gasteiger partial charge on any atom is 0.319 e. The lowest BCUT2D eigenvalue weighted by molar-refractivity contribution is 0.249. The number of carbonyl (C=O) groups excluding carboxylic acids is 1. The van der Waals surface area contributed by atoms with Crippen molar-refractivity contribution < 1.29 is 4.79 Å². The van der Waals surface area contributed by atoms with Crippen molar-refractivity contribution in [3.05, 3.63) is 64.2 Å². The Labute approximate surface area is 138 Å². The van der Waals surface area contributed by atoms with E-state index in [-0.39, 0.29) is 12.1 Å². The van der Waals surface area contributed by atoms with Crippen molar-refractivity contribution in [2.75, 3.05) is 5.32 Å². The SMILES string of the molecule is Cc1ccc(C(C)NC(=O)Nc2ccc3c(c2)CCC3)c(C)c1. The number of hydrogen-bond donors (Lipinski definition) is 2. The molecule has 0 fully saturated rings. The Morgan fingerprint density at radius 1 is 1.04 bits per heavy atom. The summed E-state index contributed by atoms with van der Waals surface area (Å²) < 4.78 is 0. The topological polar surface area (TPSA) is 41.1 Å². The van der Waals surface area contributed by atoms with Gasteiger partial charge >= 0.3 is 6.03 Å². The first-order valence-corrected chi connectivity index (χ1v) is 8.29. The lowest BCUT2D eigenvalue weighted by atomic mass is 10.0. The van der Waals surface area contributed by atoms with Gasteiger partial charge in [-0.25, -0.2) is 4.79 Å². The van der Waals surface area contributed by atoms with Crippen LogP contribution in [-0.4, -0.2) is 6.03 Å². The Morgan fingerprint density at radius 3 is 2.61 bits per heavy atom. The van der Waals surface area contributed by atoms with Crippen LogP contribution in [0.15, 0.2) is 36.4 Å². The molecule has 0 spiro atoms. The summed E-state index contributed by atoms with van der Waals surface area (Å²) in [5.74, 6) is 0. The lowest BCUT2D eigenvalue weighted by Gasteiger charge is -2.18. The Kier molecular flexibility index (Phi) is 4.37. The first-order valence-electron chi connectivity index (χ1n) is 8.29. The van der Waals surface area contributed by atoms with Crippen LogP contribution in [0.5, 0.6) is 0 Å². The zero-order chi connectivity index (χ0) is 16.4. The largest absolute Gasteiger partial charge is 0.331 e. The van der Waals surface area contributed by atoms with Crippen molar-refractivity contribution in [1.82, 2.24) is 5.32 Å². The van der Waals surface area contributed by atoms with E-state index in [0.29, 0.717) is 0 Å². The summed E-state index contributed by atoms with van der Waals surface area (Å²) in [4.78, 5) is 12.3. The average Bonchev–Trinajstić information content (AvgIpc) is 2.94. The van der Waals surface area contributed by atoms with Crippen LogP contribution in [0.1, 0.15) is 47.2 Å². The second-order valence-corrected chi connectivity index (χ2v) is 6.52. The number of nitrogens with one attached hydrogen (secondary N) is 2. The molecule has 0 heterocycles. The lowest BCUT2D eigenvalue weighted by Crippen LogP contribution is -2.31. The first-order chi connectivity index (χ1) is 11.0. The summed E-state index contributed by atoms with van der Waals surface area (Å²) in [7, 11) is 0. The summed E-state index contributed by atoms with van der Waals surface area (Å²) in [6.07, 6.45) is 3.49. The fraction of sp³-hybridized carbons (Fsp3) is 0.350. The van der Waals surface area contributed by atoms with Gasteiger partial charge in [0.2, 0.25) is 0 Å². The molecule has 3 heteroatoms. The van der Waals surface area contributed by atoms with Crippen molar-refractivity contribution >= 4 is 11.7 Å². The van der Waals surface area contributed by atoms with Crippen molar-refractivity contribution in [1.29, 1.82) is 0 Å². The highest BCUT2D eigenvalue weighted by Gasteiger charge is 2.14. The van der Waals surface area contributed by atoms with Crippen LogP contribution in [-0.2, 0) is 12.8 Å². The molecule has 0 saturated carbocycles. The third kappa shape index (κ3) is 3.55. The molecule has 0 saturated heterocycles. The van der Waals surface area contributed by atoms with E-state index in [1.807, 2.05) is 13.0 Å². The molecule has 23 heavy (non-hydrogen) atoms. The van der Waals surface area contributed by atoms with Crippen LogP contribution in [0.3, 0.4) is 0 Å². The van der Waals surface area contributed by atoms with E-state index < -0.39 is 0 Å². The molecule has 0 aromatic heterocycles. The number of amides is 2. The number of urea groups is 1. The van der Waals surface area contributed by atoms with Crippen LogP contribution in [0.25, 0.3) is 0 Å². The van der Waals surface area contributed by atoms with Gasteiger partial charge in [0.1, 0.15) is 0 Å². The maximum atomic E-state index is 12.3. The second kappa shape index (κ2) is 6.45. The molecular formula is C20H24N2O. The van der Waals surface area contributed by atoms with Gasteiger partial charge in [0.05, 0.1) is 6.04 Å². The predicted octanol–water partition coefficient (Wildman–Crippen LogP) is 4.67. The Balaban J connectivity index is 1.64. The Bertz CT molecular complexity index is 736. The molecule has 1 unspecified atom stereocenters. The third-order valence-corrected chi connectivity index (χ3v) is 4.60. The number of rotatable bonds is 3. The standard InChI is InChI=1S/C20H24N2O/c1-13-7-10-19(14(2)11-13)15(3)21-20(23)22-18-9-8-16-5-4-6-17(16)12-18/h7-12,15H,4-6H2,1-3H3,(H2,21,22,23). The summed E-state index contributed by atoms with van der Waals surface area (Å²) in [6, 6.07) is 12.4. The van der Waals surface area contributed by atoms with Crippen molar-refractivity contribution in [3.8, 4) is 0 Å². The van der Waals surface area contributed by atoms with Crippen LogP contribution in [0.2, 0.25) is 0 Å². The Hall–Kier alpha value is -2.29. The minimum Gasteiger partial charge on any atom is -0.331 e. The smallest absolute Gasteiger partial charge is 0.319 e. The van der Waals surface area contributed by atoms with Gasteiger partial charge in [-0.15, -0.1) is 0 Å². The number of carbonyl (C=O) groups is 1. The van der Waals surface area contributed by atoms with Gasteiger partial charge in [-0.2, -0.15) is 0 Å². The minimum atomic E-state index is -0.157. The van der Waals surface area contributed by atoms with E-state index in [4.69, 9.17) is 0 Å². The molecule has 0 radical (unpaired) electrons. The molecule has 2 amide bonds. The molecular weight excluding hydrogens is 284 g/mol. The fourth-order valence-corrected chi connectivity index (χ4v) is 3.40. The average molecular weight is 308 g/mol. The zero-order valence-corrected chi connectivity index (χ0v) is 14.1. The maximum absolute atomic E-state index is 12.3.